The van der Waals surface area contributed by atoms with Crippen LogP contribution in [0.25, 0.3) is 0 Å². The van der Waals surface area contributed by atoms with Gasteiger partial charge in [0, 0.05) is 24.0 Å². The van der Waals surface area contributed by atoms with E-state index in [0.717, 1.165) is 31.9 Å². The monoisotopic (exact) mass is 289 g/mol. The molecule has 3 heteroatoms. The van der Waals surface area contributed by atoms with E-state index in [1.165, 1.54) is 12.8 Å². The van der Waals surface area contributed by atoms with Crippen LogP contribution in [0.1, 0.15) is 33.1 Å². The molecule has 1 aliphatic carbocycles. The molecule has 1 N–H and O–H groups in total. The van der Waals surface area contributed by atoms with E-state index in [1.807, 2.05) is 30.3 Å². The molecule has 2 aliphatic rings. The molecule has 3 rings (SSSR count). The summed E-state index contributed by atoms with van der Waals surface area (Å²) in [5, 5.41) is 3.73. The van der Waals surface area contributed by atoms with Crippen LogP contribution in [0.2, 0.25) is 0 Å². The summed E-state index contributed by atoms with van der Waals surface area (Å²) in [7, 11) is 0. The molecule has 2 fully saturated rings. The summed E-state index contributed by atoms with van der Waals surface area (Å²) >= 11 is 0. The smallest absolute Gasteiger partial charge is 0.119 e. The van der Waals surface area contributed by atoms with Crippen LogP contribution in [-0.4, -0.2) is 31.9 Å². The number of rotatable bonds is 6. The minimum atomic E-state index is 0.269. The summed E-state index contributed by atoms with van der Waals surface area (Å²) in [5.41, 5.74) is 0.269. The molecule has 21 heavy (non-hydrogen) atoms. The highest BCUT2D eigenvalue weighted by Crippen LogP contribution is 2.51. The molecule has 1 aliphatic heterocycles. The lowest BCUT2D eigenvalue weighted by atomic mass is 9.55. The van der Waals surface area contributed by atoms with E-state index in [2.05, 4.69) is 19.2 Å². The zero-order valence-corrected chi connectivity index (χ0v) is 13.2. The van der Waals surface area contributed by atoms with Crippen LogP contribution in [0.3, 0.4) is 0 Å². The fourth-order valence-corrected chi connectivity index (χ4v) is 3.97. The van der Waals surface area contributed by atoms with Gasteiger partial charge in [0.2, 0.25) is 0 Å². The fourth-order valence-electron chi connectivity index (χ4n) is 3.97. The average Bonchev–Trinajstić information content (AvgIpc) is 2.51. The predicted octanol–water partition coefficient (Wildman–Crippen LogP) is 3.25. The normalized spacial score (nSPS) is 30.3. The Labute approximate surface area is 128 Å². The van der Waals surface area contributed by atoms with Gasteiger partial charge < -0.3 is 14.8 Å². The molecule has 1 aromatic carbocycles. The molecular formula is C18H27NO2. The summed E-state index contributed by atoms with van der Waals surface area (Å²) in [5.74, 6) is 1.67. The third-order valence-corrected chi connectivity index (χ3v) is 5.03. The lowest BCUT2D eigenvalue weighted by Crippen LogP contribution is -2.69. The Balaban J connectivity index is 1.37. The van der Waals surface area contributed by atoms with Crippen LogP contribution in [0, 0.1) is 11.3 Å². The van der Waals surface area contributed by atoms with Crippen molar-refractivity contribution in [1.29, 1.82) is 0 Å². The molecule has 3 atom stereocenters. The molecule has 1 saturated carbocycles. The summed E-state index contributed by atoms with van der Waals surface area (Å²) in [4.78, 5) is 0. The van der Waals surface area contributed by atoms with Crippen LogP contribution < -0.4 is 10.1 Å². The lowest BCUT2D eigenvalue weighted by Gasteiger charge is -2.60. The van der Waals surface area contributed by atoms with E-state index in [-0.39, 0.29) is 5.41 Å². The highest BCUT2D eigenvalue weighted by Gasteiger charge is 2.57. The number of hydrogen-bond donors (Lipinski definition) is 1. The number of ether oxygens (including phenoxy) is 2. The Morgan fingerprint density at radius 3 is 2.90 bits per heavy atom. The van der Waals surface area contributed by atoms with Crippen LogP contribution in [0.4, 0.5) is 0 Å². The Hall–Kier alpha value is -1.06. The molecule has 116 valence electrons. The molecule has 1 aromatic rings. The van der Waals surface area contributed by atoms with Gasteiger partial charge in [-0.3, -0.25) is 0 Å². The Bertz CT molecular complexity index is 446. The molecule has 0 aromatic heterocycles. The molecule has 3 unspecified atom stereocenters. The summed E-state index contributed by atoms with van der Waals surface area (Å²) < 4.78 is 11.7. The topological polar surface area (TPSA) is 30.5 Å². The van der Waals surface area contributed by atoms with Crippen molar-refractivity contribution in [3.63, 3.8) is 0 Å². The van der Waals surface area contributed by atoms with E-state index in [1.54, 1.807) is 0 Å². The van der Waals surface area contributed by atoms with Crippen molar-refractivity contribution < 1.29 is 9.47 Å². The zero-order valence-electron chi connectivity index (χ0n) is 13.2. The third-order valence-electron chi connectivity index (χ3n) is 5.03. The molecular weight excluding hydrogens is 262 g/mol. The minimum absolute atomic E-state index is 0.269. The first-order chi connectivity index (χ1) is 10.2. The molecule has 1 saturated heterocycles. The maximum Gasteiger partial charge on any atom is 0.119 e. The summed E-state index contributed by atoms with van der Waals surface area (Å²) in [6.45, 7) is 7.40. The zero-order chi connectivity index (χ0) is 14.7. The predicted molar refractivity (Wildman–Crippen MR) is 84.6 cm³/mol. The number of hydrogen-bond acceptors (Lipinski definition) is 3. The second kappa shape index (κ2) is 6.37. The van der Waals surface area contributed by atoms with E-state index in [0.29, 0.717) is 18.1 Å². The van der Waals surface area contributed by atoms with Crippen LogP contribution >= 0.6 is 0 Å². The quantitative estimate of drug-likeness (QED) is 0.816. The van der Waals surface area contributed by atoms with Crippen LogP contribution in [0.15, 0.2) is 30.3 Å². The van der Waals surface area contributed by atoms with E-state index < -0.39 is 0 Å². The lowest BCUT2D eigenvalue weighted by molar-refractivity contribution is -0.192. The first kappa shape index (κ1) is 14.9. The van der Waals surface area contributed by atoms with Gasteiger partial charge in [-0.15, -0.1) is 0 Å². The van der Waals surface area contributed by atoms with Gasteiger partial charge in [0.25, 0.3) is 0 Å². The van der Waals surface area contributed by atoms with E-state index in [9.17, 15) is 0 Å². The van der Waals surface area contributed by atoms with Crippen molar-refractivity contribution in [2.75, 3.05) is 19.8 Å². The van der Waals surface area contributed by atoms with E-state index in [4.69, 9.17) is 9.47 Å². The second-order valence-corrected chi connectivity index (χ2v) is 6.87. The van der Waals surface area contributed by atoms with Gasteiger partial charge in [-0.1, -0.05) is 32.0 Å². The third kappa shape index (κ3) is 3.09. The second-order valence-electron chi connectivity index (χ2n) is 6.87. The molecule has 0 amide bonds. The van der Waals surface area contributed by atoms with Gasteiger partial charge in [0.05, 0.1) is 12.7 Å². The van der Waals surface area contributed by atoms with Gasteiger partial charge in [0.15, 0.2) is 0 Å². The van der Waals surface area contributed by atoms with Crippen molar-refractivity contribution in [2.45, 2.75) is 45.3 Å². The molecule has 3 nitrogen and oxygen atoms in total. The van der Waals surface area contributed by atoms with Gasteiger partial charge >= 0.3 is 0 Å². The molecule has 0 spiro atoms. The highest BCUT2D eigenvalue weighted by atomic mass is 16.5. The van der Waals surface area contributed by atoms with Crippen molar-refractivity contribution in [2.24, 2.45) is 11.3 Å². The number of para-hydroxylation sites is 1. The number of nitrogens with one attached hydrogen (secondary N) is 1. The Morgan fingerprint density at radius 1 is 1.29 bits per heavy atom. The molecule has 0 bridgehead atoms. The Morgan fingerprint density at radius 2 is 2.10 bits per heavy atom. The SMILES string of the molecule is CC1(C)C(NCCCOc2ccccc2)C2CCCOC21. The fraction of sp³-hybridized carbons (Fsp3) is 0.667. The first-order valence-electron chi connectivity index (χ1n) is 8.22. The van der Waals surface area contributed by atoms with Crippen LogP contribution in [-0.2, 0) is 4.74 Å². The highest BCUT2D eigenvalue weighted by molar-refractivity contribution is 5.20. The van der Waals surface area contributed by atoms with Crippen molar-refractivity contribution in [1.82, 2.24) is 5.32 Å². The number of benzene rings is 1. The molecule has 0 radical (unpaired) electrons. The van der Waals surface area contributed by atoms with Gasteiger partial charge in [-0.05, 0) is 37.9 Å². The Kier molecular flexibility index (Phi) is 4.51. The van der Waals surface area contributed by atoms with Crippen LogP contribution in [0.5, 0.6) is 5.75 Å². The minimum Gasteiger partial charge on any atom is -0.494 e. The van der Waals surface area contributed by atoms with Crippen molar-refractivity contribution >= 4 is 0 Å². The number of fused-ring (bicyclic) bond motifs is 1. The average molecular weight is 289 g/mol. The summed E-state index contributed by atoms with van der Waals surface area (Å²) in [6.07, 6.45) is 4.03. The first-order valence-corrected chi connectivity index (χ1v) is 8.22. The van der Waals surface area contributed by atoms with E-state index >= 15 is 0 Å². The maximum atomic E-state index is 5.94. The van der Waals surface area contributed by atoms with Crippen molar-refractivity contribution in [3.8, 4) is 5.75 Å². The molecule has 1 heterocycles. The van der Waals surface area contributed by atoms with Gasteiger partial charge in [-0.2, -0.15) is 0 Å². The van der Waals surface area contributed by atoms with Gasteiger partial charge in [-0.25, -0.2) is 0 Å². The van der Waals surface area contributed by atoms with Gasteiger partial charge in [0.1, 0.15) is 5.75 Å². The van der Waals surface area contributed by atoms with Crippen molar-refractivity contribution in [3.05, 3.63) is 30.3 Å². The standard InChI is InChI=1S/C18H27NO2/c1-18(2)16(15-10-6-12-21-17(15)18)19-11-7-13-20-14-8-4-3-5-9-14/h3-5,8-9,15-17,19H,6-7,10-13H2,1-2H3. The summed E-state index contributed by atoms with van der Waals surface area (Å²) in [6, 6.07) is 10.6. The maximum absolute atomic E-state index is 5.94. The largest absolute Gasteiger partial charge is 0.494 e.